The quantitative estimate of drug-likeness (QED) is 0.903. The Kier molecular flexibility index (Phi) is 2.48. The summed E-state index contributed by atoms with van der Waals surface area (Å²) in [5, 5.41) is 3.09. The van der Waals surface area contributed by atoms with Crippen LogP contribution in [0, 0.1) is 13.8 Å². The van der Waals surface area contributed by atoms with Crippen LogP contribution in [-0.2, 0) is 11.2 Å². The average molecular weight is 263 g/mol. The molecule has 0 aromatic carbocycles. The van der Waals surface area contributed by atoms with Crippen LogP contribution in [0.3, 0.4) is 0 Å². The normalized spacial score (nSPS) is 23.8. The lowest BCUT2D eigenvalue weighted by Crippen LogP contribution is -2.40. The summed E-state index contributed by atoms with van der Waals surface area (Å²) in [7, 11) is 0. The highest BCUT2D eigenvalue weighted by Gasteiger charge is 2.34. The van der Waals surface area contributed by atoms with Gasteiger partial charge in [0, 0.05) is 35.1 Å². The molecule has 18 heavy (non-hydrogen) atoms. The number of aromatic nitrogens is 2. The van der Waals surface area contributed by atoms with Gasteiger partial charge in [0.15, 0.2) is 4.96 Å². The zero-order valence-electron chi connectivity index (χ0n) is 10.9. The van der Waals surface area contributed by atoms with Crippen molar-refractivity contribution in [2.24, 2.45) is 0 Å². The van der Waals surface area contributed by atoms with Crippen LogP contribution in [0.5, 0.6) is 0 Å². The van der Waals surface area contributed by atoms with Crippen molar-refractivity contribution in [3.63, 3.8) is 0 Å². The monoisotopic (exact) mass is 263 g/mol. The Morgan fingerprint density at radius 1 is 1.56 bits per heavy atom. The van der Waals surface area contributed by atoms with E-state index in [2.05, 4.69) is 34.7 Å². The summed E-state index contributed by atoms with van der Waals surface area (Å²) in [5.74, 6) is 0.164. The van der Waals surface area contributed by atoms with E-state index in [1.54, 1.807) is 11.3 Å². The maximum atomic E-state index is 11.4. The fourth-order valence-electron chi connectivity index (χ4n) is 2.68. The molecule has 0 aliphatic carbocycles. The predicted octanol–water partition coefficient (Wildman–Crippen LogP) is 2.22. The molecule has 96 valence electrons. The molecular formula is C13H17N3OS. The molecule has 0 bridgehead atoms. The molecule has 3 rings (SSSR count). The van der Waals surface area contributed by atoms with Gasteiger partial charge in [-0.3, -0.25) is 9.20 Å². The maximum Gasteiger partial charge on any atom is 0.220 e. The van der Waals surface area contributed by atoms with Gasteiger partial charge in [-0.1, -0.05) is 0 Å². The van der Waals surface area contributed by atoms with Crippen LogP contribution in [0.15, 0.2) is 6.20 Å². The third-order valence-electron chi connectivity index (χ3n) is 3.64. The summed E-state index contributed by atoms with van der Waals surface area (Å²) in [5.41, 5.74) is 2.18. The molecule has 0 spiro atoms. The second kappa shape index (κ2) is 3.82. The Morgan fingerprint density at radius 2 is 2.33 bits per heavy atom. The first-order chi connectivity index (χ1) is 8.47. The highest BCUT2D eigenvalue weighted by molar-refractivity contribution is 7.17. The number of nitrogens with zero attached hydrogens (tertiary/aromatic N) is 2. The van der Waals surface area contributed by atoms with E-state index in [1.165, 1.54) is 10.6 Å². The molecule has 2 aromatic heterocycles. The Balaban J connectivity index is 1.99. The summed E-state index contributed by atoms with van der Waals surface area (Å²) in [6, 6.07) is 0. The van der Waals surface area contributed by atoms with Gasteiger partial charge in [0.05, 0.1) is 5.69 Å². The third kappa shape index (κ3) is 1.82. The lowest BCUT2D eigenvalue weighted by Gasteiger charge is -2.23. The lowest BCUT2D eigenvalue weighted by molar-refractivity contribution is -0.119. The van der Waals surface area contributed by atoms with Gasteiger partial charge in [-0.2, -0.15) is 0 Å². The van der Waals surface area contributed by atoms with E-state index in [4.69, 9.17) is 0 Å². The average Bonchev–Trinajstić information content (AvgIpc) is 2.86. The SMILES string of the molecule is Cc1cn2c(CC3(C)CCC(=O)N3)c(C)nc2s1. The van der Waals surface area contributed by atoms with Crippen LogP contribution in [0.2, 0.25) is 0 Å². The van der Waals surface area contributed by atoms with Gasteiger partial charge in [0.25, 0.3) is 0 Å². The summed E-state index contributed by atoms with van der Waals surface area (Å²) in [6.07, 6.45) is 4.53. The van der Waals surface area contributed by atoms with Gasteiger partial charge in [-0.25, -0.2) is 4.98 Å². The van der Waals surface area contributed by atoms with Gasteiger partial charge in [0.1, 0.15) is 0 Å². The van der Waals surface area contributed by atoms with Gasteiger partial charge < -0.3 is 5.32 Å². The van der Waals surface area contributed by atoms with Crippen molar-refractivity contribution in [2.75, 3.05) is 0 Å². The van der Waals surface area contributed by atoms with Crippen molar-refractivity contribution in [2.45, 2.75) is 45.6 Å². The van der Waals surface area contributed by atoms with E-state index in [9.17, 15) is 4.79 Å². The first kappa shape index (κ1) is 11.7. The molecule has 1 N–H and O–H groups in total. The van der Waals surface area contributed by atoms with Crippen LogP contribution in [0.25, 0.3) is 4.96 Å². The van der Waals surface area contributed by atoms with Gasteiger partial charge in [-0.15, -0.1) is 11.3 Å². The predicted molar refractivity (Wildman–Crippen MR) is 72.0 cm³/mol. The molecule has 0 saturated carbocycles. The third-order valence-corrected chi connectivity index (χ3v) is 4.54. The fraction of sp³-hybridized carbons (Fsp3) is 0.538. The molecule has 0 radical (unpaired) electrons. The van der Waals surface area contributed by atoms with E-state index in [-0.39, 0.29) is 11.4 Å². The summed E-state index contributed by atoms with van der Waals surface area (Å²) < 4.78 is 2.17. The van der Waals surface area contributed by atoms with E-state index in [0.717, 1.165) is 23.5 Å². The van der Waals surface area contributed by atoms with Crippen LogP contribution in [0.4, 0.5) is 0 Å². The molecule has 1 aliphatic rings. The second-order valence-electron chi connectivity index (χ2n) is 5.42. The molecule has 1 aliphatic heterocycles. The van der Waals surface area contributed by atoms with Crippen LogP contribution < -0.4 is 5.32 Å². The summed E-state index contributed by atoms with van der Waals surface area (Å²) in [4.78, 5) is 18.3. The first-order valence-corrected chi connectivity index (χ1v) is 7.03. The summed E-state index contributed by atoms with van der Waals surface area (Å²) >= 11 is 1.71. The van der Waals surface area contributed by atoms with Crippen molar-refractivity contribution >= 4 is 22.2 Å². The maximum absolute atomic E-state index is 11.4. The molecular weight excluding hydrogens is 246 g/mol. The van der Waals surface area contributed by atoms with E-state index >= 15 is 0 Å². The van der Waals surface area contributed by atoms with Crippen LogP contribution >= 0.6 is 11.3 Å². The van der Waals surface area contributed by atoms with E-state index < -0.39 is 0 Å². The topological polar surface area (TPSA) is 46.4 Å². The fourth-order valence-corrected chi connectivity index (χ4v) is 3.57. The van der Waals surface area contributed by atoms with Crippen molar-refractivity contribution in [1.29, 1.82) is 0 Å². The number of nitrogens with one attached hydrogen (secondary N) is 1. The Hall–Kier alpha value is -1.36. The standard InChI is InChI=1S/C13H17N3OS/c1-8-7-16-10(9(2)14-12(16)18-8)6-13(3)5-4-11(17)15-13/h7H,4-6H2,1-3H3,(H,15,17). The number of fused-ring (bicyclic) bond motifs is 1. The van der Waals surface area contributed by atoms with Crippen molar-refractivity contribution in [3.8, 4) is 0 Å². The number of amides is 1. The van der Waals surface area contributed by atoms with Crippen LogP contribution in [-0.4, -0.2) is 20.8 Å². The second-order valence-corrected chi connectivity index (χ2v) is 6.64. The number of hydrogen-bond donors (Lipinski definition) is 1. The van der Waals surface area contributed by atoms with E-state index in [1.807, 2.05) is 6.92 Å². The lowest BCUT2D eigenvalue weighted by atomic mass is 9.93. The summed E-state index contributed by atoms with van der Waals surface area (Å²) in [6.45, 7) is 6.26. The van der Waals surface area contributed by atoms with Crippen molar-refractivity contribution in [1.82, 2.24) is 14.7 Å². The largest absolute Gasteiger partial charge is 0.351 e. The minimum atomic E-state index is -0.117. The minimum Gasteiger partial charge on any atom is -0.351 e. The van der Waals surface area contributed by atoms with Gasteiger partial charge in [0.2, 0.25) is 5.91 Å². The number of imidazole rings is 1. The molecule has 1 saturated heterocycles. The molecule has 1 amide bonds. The molecule has 1 unspecified atom stereocenters. The Morgan fingerprint density at radius 3 is 3.00 bits per heavy atom. The number of rotatable bonds is 2. The van der Waals surface area contributed by atoms with Crippen LogP contribution in [0.1, 0.15) is 36.0 Å². The van der Waals surface area contributed by atoms with Crippen molar-refractivity contribution in [3.05, 3.63) is 22.5 Å². The molecule has 4 nitrogen and oxygen atoms in total. The molecule has 1 fully saturated rings. The molecule has 1 atom stereocenters. The number of hydrogen-bond acceptors (Lipinski definition) is 3. The first-order valence-electron chi connectivity index (χ1n) is 6.22. The molecule has 3 heterocycles. The Labute approximate surface area is 110 Å². The number of carbonyl (C=O) groups excluding carboxylic acids is 1. The van der Waals surface area contributed by atoms with E-state index in [0.29, 0.717) is 6.42 Å². The number of carbonyl (C=O) groups is 1. The molecule has 5 heteroatoms. The Bertz CT molecular complexity index is 627. The minimum absolute atomic E-state index is 0.117. The zero-order valence-corrected chi connectivity index (χ0v) is 11.7. The highest BCUT2D eigenvalue weighted by Crippen LogP contribution is 2.28. The number of aryl methyl sites for hydroxylation is 2. The van der Waals surface area contributed by atoms with Gasteiger partial charge in [-0.05, 0) is 27.2 Å². The van der Waals surface area contributed by atoms with Crippen molar-refractivity contribution < 1.29 is 4.79 Å². The smallest absolute Gasteiger partial charge is 0.220 e. The van der Waals surface area contributed by atoms with Gasteiger partial charge >= 0.3 is 0 Å². The zero-order chi connectivity index (χ0) is 12.9. The number of thiazole rings is 1. The molecule has 2 aromatic rings. The highest BCUT2D eigenvalue weighted by atomic mass is 32.1.